The average Bonchev–Trinajstić information content (AvgIpc) is 3.02. The summed E-state index contributed by atoms with van der Waals surface area (Å²) in [5, 5.41) is 0.393. The van der Waals surface area contributed by atoms with Gasteiger partial charge in [-0.05, 0) is 48.4 Å². The van der Waals surface area contributed by atoms with Crippen molar-refractivity contribution in [3.05, 3.63) is 105 Å². The molecular formula is C23H15FN2O3. The molecule has 0 fully saturated rings. The molecule has 5 rings (SSSR count). The van der Waals surface area contributed by atoms with Crippen LogP contribution in [0.25, 0.3) is 11.0 Å². The van der Waals surface area contributed by atoms with Crippen LogP contribution in [0.3, 0.4) is 0 Å². The Morgan fingerprint density at radius 2 is 1.76 bits per heavy atom. The first kappa shape index (κ1) is 17.3. The number of benzene rings is 2. The van der Waals surface area contributed by atoms with Crippen LogP contribution in [0, 0.1) is 12.7 Å². The van der Waals surface area contributed by atoms with Crippen LogP contribution in [0.2, 0.25) is 0 Å². The van der Waals surface area contributed by atoms with Gasteiger partial charge in [0.2, 0.25) is 5.76 Å². The van der Waals surface area contributed by atoms with Gasteiger partial charge in [0.25, 0.3) is 5.91 Å². The summed E-state index contributed by atoms with van der Waals surface area (Å²) < 4.78 is 19.4. The van der Waals surface area contributed by atoms with Crippen molar-refractivity contribution in [3.63, 3.8) is 0 Å². The van der Waals surface area contributed by atoms with Crippen LogP contribution in [0.1, 0.15) is 33.3 Å². The molecule has 142 valence electrons. The number of para-hydroxylation sites is 1. The summed E-state index contributed by atoms with van der Waals surface area (Å²) in [5.41, 5.74) is 1.85. The molecule has 1 amide bonds. The molecule has 0 saturated heterocycles. The van der Waals surface area contributed by atoms with Crippen LogP contribution in [-0.2, 0) is 0 Å². The predicted octanol–water partition coefficient (Wildman–Crippen LogP) is 4.39. The normalized spacial score (nSPS) is 15.7. The van der Waals surface area contributed by atoms with Crippen molar-refractivity contribution in [2.24, 2.45) is 0 Å². The van der Waals surface area contributed by atoms with Crippen molar-refractivity contribution in [3.8, 4) is 0 Å². The maximum absolute atomic E-state index is 13.5. The summed E-state index contributed by atoms with van der Waals surface area (Å²) in [5.74, 6) is -0.465. The zero-order valence-corrected chi connectivity index (χ0v) is 15.4. The Labute approximate surface area is 165 Å². The van der Waals surface area contributed by atoms with E-state index in [1.54, 1.807) is 48.7 Å². The first-order valence-electron chi connectivity index (χ1n) is 9.12. The largest absolute Gasteiger partial charge is 0.450 e. The van der Waals surface area contributed by atoms with E-state index in [0.29, 0.717) is 22.4 Å². The first-order valence-corrected chi connectivity index (χ1v) is 9.12. The molecular weight excluding hydrogens is 371 g/mol. The van der Waals surface area contributed by atoms with Gasteiger partial charge in [-0.1, -0.05) is 30.3 Å². The maximum atomic E-state index is 13.5. The van der Waals surface area contributed by atoms with Crippen LogP contribution < -0.4 is 10.3 Å². The van der Waals surface area contributed by atoms with Crippen LogP contribution in [0.15, 0.2) is 76.1 Å². The summed E-state index contributed by atoms with van der Waals surface area (Å²) in [6.07, 6.45) is 1.65. The highest BCUT2D eigenvalue weighted by molar-refractivity contribution is 6.10. The number of aromatic nitrogens is 1. The van der Waals surface area contributed by atoms with Gasteiger partial charge in [0.05, 0.1) is 17.0 Å². The average molecular weight is 386 g/mol. The van der Waals surface area contributed by atoms with E-state index in [2.05, 4.69) is 4.98 Å². The number of pyridine rings is 1. The third-order valence-electron chi connectivity index (χ3n) is 5.11. The number of rotatable bonds is 2. The van der Waals surface area contributed by atoms with Crippen molar-refractivity contribution in [1.82, 2.24) is 4.98 Å². The van der Waals surface area contributed by atoms with E-state index in [9.17, 15) is 14.0 Å². The van der Waals surface area contributed by atoms with Gasteiger partial charge in [-0.25, -0.2) is 9.37 Å². The SMILES string of the molecule is Cc1ccc(N2C(=O)c3oc4ccccc4c(=O)c3[C@H]2c2ccc(F)cc2)nc1. The first-order chi connectivity index (χ1) is 14.0. The van der Waals surface area contributed by atoms with E-state index in [0.717, 1.165) is 5.56 Å². The lowest BCUT2D eigenvalue weighted by Gasteiger charge is -2.24. The standard InChI is InChI=1S/C23H15FN2O3/c1-13-6-11-18(25-12-13)26-20(14-7-9-15(24)10-8-14)19-21(27)16-4-2-3-5-17(16)29-22(19)23(26)28/h2-12,20H,1H3/t20-/m1/s1. The third kappa shape index (κ3) is 2.64. The van der Waals surface area contributed by atoms with Gasteiger partial charge >= 0.3 is 0 Å². The zero-order chi connectivity index (χ0) is 20.1. The van der Waals surface area contributed by atoms with E-state index < -0.39 is 17.8 Å². The highest BCUT2D eigenvalue weighted by Gasteiger charge is 2.44. The minimum atomic E-state index is -0.755. The van der Waals surface area contributed by atoms with Crippen LogP contribution >= 0.6 is 0 Å². The second kappa shape index (κ2) is 6.38. The fourth-order valence-corrected chi connectivity index (χ4v) is 3.72. The maximum Gasteiger partial charge on any atom is 0.296 e. The predicted molar refractivity (Wildman–Crippen MR) is 107 cm³/mol. The van der Waals surface area contributed by atoms with Crippen LogP contribution in [-0.4, -0.2) is 10.9 Å². The molecule has 0 N–H and O–H groups in total. The Kier molecular flexibility index (Phi) is 3.81. The number of hydrogen-bond acceptors (Lipinski definition) is 4. The van der Waals surface area contributed by atoms with Gasteiger partial charge in [0.1, 0.15) is 17.2 Å². The molecule has 0 bridgehead atoms. The van der Waals surface area contributed by atoms with Crippen molar-refractivity contribution < 1.29 is 13.6 Å². The fraction of sp³-hybridized carbons (Fsp3) is 0.0870. The number of hydrogen-bond donors (Lipinski definition) is 0. The monoisotopic (exact) mass is 386 g/mol. The number of nitrogens with zero attached hydrogens (tertiary/aromatic N) is 2. The Morgan fingerprint density at radius 3 is 2.48 bits per heavy atom. The summed E-state index contributed by atoms with van der Waals surface area (Å²) in [7, 11) is 0. The second-order valence-electron chi connectivity index (χ2n) is 6.99. The topological polar surface area (TPSA) is 63.4 Å². The molecule has 6 heteroatoms. The number of fused-ring (bicyclic) bond motifs is 2. The molecule has 1 atom stereocenters. The van der Waals surface area contributed by atoms with Gasteiger partial charge in [-0.15, -0.1) is 0 Å². The van der Waals surface area contributed by atoms with Gasteiger partial charge < -0.3 is 4.42 Å². The Bertz CT molecular complexity index is 1310. The minimum absolute atomic E-state index is 0.00889. The van der Waals surface area contributed by atoms with Crippen LogP contribution in [0.4, 0.5) is 10.2 Å². The van der Waals surface area contributed by atoms with E-state index in [1.807, 2.05) is 13.0 Å². The fourth-order valence-electron chi connectivity index (χ4n) is 3.72. The zero-order valence-electron chi connectivity index (χ0n) is 15.4. The summed E-state index contributed by atoms with van der Waals surface area (Å²) in [6, 6.07) is 15.4. The second-order valence-corrected chi connectivity index (χ2v) is 6.99. The summed E-state index contributed by atoms with van der Waals surface area (Å²) in [6.45, 7) is 1.90. The number of aryl methyl sites for hydroxylation is 1. The van der Waals surface area contributed by atoms with Crippen molar-refractivity contribution >= 4 is 22.7 Å². The third-order valence-corrected chi connectivity index (χ3v) is 5.11. The van der Waals surface area contributed by atoms with Gasteiger partial charge in [-0.2, -0.15) is 0 Å². The van der Waals surface area contributed by atoms with Gasteiger partial charge in [0, 0.05) is 6.20 Å². The van der Waals surface area contributed by atoms with E-state index in [1.165, 1.54) is 17.0 Å². The molecule has 0 spiro atoms. The van der Waals surface area contributed by atoms with E-state index in [-0.39, 0.29) is 16.8 Å². The molecule has 1 aliphatic heterocycles. The highest BCUT2D eigenvalue weighted by atomic mass is 19.1. The molecule has 5 nitrogen and oxygen atoms in total. The van der Waals surface area contributed by atoms with Crippen molar-refractivity contribution in [2.75, 3.05) is 4.90 Å². The number of halogens is 1. The summed E-state index contributed by atoms with van der Waals surface area (Å²) >= 11 is 0. The molecule has 0 aliphatic carbocycles. The van der Waals surface area contributed by atoms with Gasteiger partial charge in [0.15, 0.2) is 5.43 Å². The molecule has 1 aliphatic rings. The quantitative estimate of drug-likeness (QED) is 0.513. The number of carbonyl (C=O) groups is 1. The smallest absolute Gasteiger partial charge is 0.296 e. The molecule has 3 heterocycles. The Morgan fingerprint density at radius 1 is 1.00 bits per heavy atom. The van der Waals surface area contributed by atoms with E-state index in [4.69, 9.17) is 4.42 Å². The van der Waals surface area contributed by atoms with Crippen molar-refractivity contribution in [2.45, 2.75) is 13.0 Å². The number of carbonyl (C=O) groups excluding carboxylic acids is 1. The number of anilines is 1. The Balaban J connectivity index is 1.81. The molecule has 29 heavy (non-hydrogen) atoms. The highest BCUT2D eigenvalue weighted by Crippen LogP contribution is 2.40. The van der Waals surface area contributed by atoms with Gasteiger partial charge in [-0.3, -0.25) is 14.5 Å². The molecule has 4 aromatic rings. The van der Waals surface area contributed by atoms with Crippen LogP contribution in [0.5, 0.6) is 0 Å². The molecule has 0 unspecified atom stereocenters. The minimum Gasteiger partial charge on any atom is -0.450 e. The summed E-state index contributed by atoms with van der Waals surface area (Å²) in [4.78, 5) is 32.4. The molecule has 0 radical (unpaired) electrons. The Hall–Kier alpha value is -3.80. The number of amides is 1. The molecule has 2 aromatic heterocycles. The van der Waals surface area contributed by atoms with E-state index >= 15 is 0 Å². The lowest BCUT2D eigenvalue weighted by atomic mass is 9.98. The van der Waals surface area contributed by atoms with Crippen molar-refractivity contribution in [1.29, 1.82) is 0 Å². The lowest BCUT2D eigenvalue weighted by Crippen LogP contribution is -2.30. The lowest BCUT2D eigenvalue weighted by molar-refractivity contribution is 0.0970. The molecule has 0 saturated carbocycles. The molecule has 2 aromatic carbocycles.